The van der Waals surface area contributed by atoms with E-state index in [9.17, 15) is 4.79 Å². The number of nitrogens with zero attached hydrogens (tertiary/aromatic N) is 6. The summed E-state index contributed by atoms with van der Waals surface area (Å²) in [6, 6.07) is 5.32. The second-order valence-corrected chi connectivity index (χ2v) is 7.27. The highest BCUT2D eigenvalue weighted by atomic mass is 16.5. The molecular formula is C21H22N8O3. The lowest BCUT2D eigenvalue weighted by Gasteiger charge is -2.26. The molecule has 1 amide bonds. The van der Waals surface area contributed by atoms with Gasteiger partial charge in [0.2, 0.25) is 5.88 Å². The van der Waals surface area contributed by atoms with Gasteiger partial charge in [-0.25, -0.2) is 15.0 Å². The number of ether oxygens (including phenoxy) is 2. The maximum atomic E-state index is 13.0. The van der Waals surface area contributed by atoms with Crippen LogP contribution in [0.3, 0.4) is 0 Å². The first-order chi connectivity index (χ1) is 15.8. The standard InChI is InChI=1S/C21H22N8O3/c30-21(20-19-15(12-24-27-19)11-17(26-20)29-4-3-22-14-29)25-16-1-2-18(23-13-16)32-10-7-28-5-8-31-9-6-28/h1-4,11-14H,5-10H2,(H,24,27)(H,25,30). The van der Waals surface area contributed by atoms with Gasteiger partial charge >= 0.3 is 0 Å². The fraction of sp³-hybridized carbons (Fsp3) is 0.286. The molecule has 0 spiro atoms. The van der Waals surface area contributed by atoms with Gasteiger partial charge in [0.1, 0.15) is 18.8 Å². The predicted molar refractivity (Wildman–Crippen MR) is 116 cm³/mol. The average Bonchev–Trinajstić information content (AvgIpc) is 3.52. The fourth-order valence-electron chi connectivity index (χ4n) is 3.46. The third kappa shape index (κ3) is 4.43. The van der Waals surface area contributed by atoms with E-state index in [-0.39, 0.29) is 11.6 Å². The number of fused-ring (bicyclic) bond motifs is 1. The lowest BCUT2D eigenvalue weighted by molar-refractivity contribution is 0.0320. The summed E-state index contributed by atoms with van der Waals surface area (Å²) in [6.45, 7) is 4.72. The lowest BCUT2D eigenvalue weighted by atomic mass is 10.2. The molecule has 1 aliphatic rings. The van der Waals surface area contributed by atoms with E-state index < -0.39 is 0 Å². The molecule has 0 atom stereocenters. The van der Waals surface area contributed by atoms with Crippen molar-refractivity contribution in [1.82, 2.24) is 34.6 Å². The number of carbonyl (C=O) groups is 1. The molecule has 32 heavy (non-hydrogen) atoms. The zero-order valence-electron chi connectivity index (χ0n) is 17.3. The van der Waals surface area contributed by atoms with Crippen molar-refractivity contribution in [2.24, 2.45) is 0 Å². The lowest BCUT2D eigenvalue weighted by Crippen LogP contribution is -2.38. The smallest absolute Gasteiger partial charge is 0.276 e. The first kappa shape index (κ1) is 20.1. The number of pyridine rings is 2. The maximum Gasteiger partial charge on any atom is 0.276 e. The predicted octanol–water partition coefficient (Wildman–Crippen LogP) is 1.50. The number of aromatic nitrogens is 6. The van der Waals surface area contributed by atoms with Crippen molar-refractivity contribution in [3.63, 3.8) is 0 Å². The van der Waals surface area contributed by atoms with Crippen molar-refractivity contribution in [3.8, 4) is 11.7 Å². The number of morpholine rings is 1. The van der Waals surface area contributed by atoms with Gasteiger partial charge in [-0.3, -0.25) is 19.4 Å². The second kappa shape index (κ2) is 9.12. The van der Waals surface area contributed by atoms with Gasteiger partial charge in [0.05, 0.1) is 36.8 Å². The quantitative estimate of drug-likeness (QED) is 0.449. The number of imidazole rings is 1. The second-order valence-electron chi connectivity index (χ2n) is 7.27. The molecule has 0 aliphatic carbocycles. The van der Waals surface area contributed by atoms with E-state index in [2.05, 4.69) is 35.4 Å². The van der Waals surface area contributed by atoms with Crippen molar-refractivity contribution in [1.29, 1.82) is 0 Å². The summed E-state index contributed by atoms with van der Waals surface area (Å²) in [5.74, 6) is 0.708. The van der Waals surface area contributed by atoms with Gasteiger partial charge in [-0.15, -0.1) is 0 Å². The number of nitrogens with one attached hydrogen (secondary N) is 2. The summed E-state index contributed by atoms with van der Waals surface area (Å²) in [5, 5.41) is 10.5. The van der Waals surface area contributed by atoms with Crippen LogP contribution in [0.5, 0.6) is 5.88 Å². The van der Waals surface area contributed by atoms with Crippen LogP contribution >= 0.6 is 0 Å². The Bertz CT molecular complexity index is 1180. The van der Waals surface area contributed by atoms with Crippen molar-refractivity contribution in [2.75, 3.05) is 44.8 Å². The van der Waals surface area contributed by atoms with Crippen LogP contribution in [0.1, 0.15) is 10.5 Å². The van der Waals surface area contributed by atoms with Gasteiger partial charge in [-0.1, -0.05) is 0 Å². The van der Waals surface area contributed by atoms with Crippen LogP contribution in [0.25, 0.3) is 16.7 Å². The van der Waals surface area contributed by atoms with Crippen molar-refractivity contribution >= 4 is 22.5 Å². The third-order valence-electron chi connectivity index (χ3n) is 5.16. The van der Waals surface area contributed by atoms with Crippen molar-refractivity contribution in [2.45, 2.75) is 0 Å². The Labute approximate surface area is 183 Å². The molecule has 0 bridgehead atoms. The Morgan fingerprint density at radius 3 is 2.94 bits per heavy atom. The van der Waals surface area contributed by atoms with Crippen molar-refractivity contribution in [3.05, 3.63) is 55.0 Å². The SMILES string of the molecule is O=C(Nc1ccc(OCCN2CCOCC2)nc1)c1nc(-n2ccnc2)cc2cn[nH]c12. The van der Waals surface area contributed by atoms with E-state index in [1.807, 2.05) is 6.07 Å². The number of hydrogen-bond acceptors (Lipinski definition) is 8. The Hall–Kier alpha value is -3.83. The summed E-state index contributed by atoms with van der Waals surface area (Å²) >= 11 is 0. The van der Waals surface area contributed by atoms with Crippen LogP contribution in [-0.4, -0.2) is 80.0 Å². The van der Waals surface area contributed by atoms with Crippen LogP contribution in [0.15, 0.2) is 49.3 Å². The molecule has 1 saturated heterocycles. The minimum absolute atomic E-state index is 0.231. The highest BCUT2D eigenvalue weighted by Gasteiger charge is 2.17. The number of carbonyl (C=O) groups excluding carboxylic acids is 1. The molecular weight excluding hydrogens is 412 g/mol. The van der Waals surface area contributed by atoms with Crippen molar-refractivity contribution < 1.29 is 14.3 Å². The monoisotopic (exact) mass is 434 g/mol. The molecule has 2 N–H and O–H groups in total. The number of aromatic amines is 1. The highest BCUT2D eigenvalue weighted by Crippen LogP contribution is 2.20. The molecule has 4 aromatic rings. The zero-order valence-corrected chi connectivity index (χ0v) is 17.3. The molecule has 0 aromatic carbocycles. The topological polar surface area (TPSA) is 123 Å². The maximum absolute atomic E-state index is 13.0. The van der Waals surface area contributed by atoms with Gasteiger partial charge in [0, 0.05) is 43.5 Å². The Kier molecular flexibility index (Phi) is 5.73. The van der Waals surface area contributed by atoms with Gasteiger partial charge in [0.25, 0.3) is 5.91 Å². The Balaban J connectivity index is 1.25. The number of hydrogen-bond donors (Lipinski definition) is 2. The molecule has 0 saturated carbocycles. The van der Waals surface area contributed by atoms with Gasteiger partial charge in [-0.05, 0) is 12.1 Å². The highest BCUT2D eigenvalue weighted by molar-refractivity contribution is 6.10. The van der Waals surface area contributed by atoms with Gasteiger partial charge in [0.15, 0.2) is 5.69 Å². The Morgan fingerprint density at radius 1 is 1.25 bits per heavy atom. The normalized spacial score (nSPS) is 14.5. The molecule has 11 heteroatoms. The minimum atomic E-state index is -0.371. The minimum Gasteiger partial charge on any atom is -0.476 e. The number of H-pyrrole nitrogens is 1. The molecule has 1 aliphatic heterocycles. The van der Waals surface area contributed by atoms with Crippen LogP contribution in [0, 0.1) is 0 Å². The summed E-state index contributed by atoms with van der Waals surface area (Å²) in [7, 11) is 0. The van der Waals surface area contributed by atoms with E-state index in [1.54, 1.807) is 47.8 Å². The van der Waals surface area contributed by atoms with E-state index in [1.165, 1.54) is 0 Å². The van der Waals surface area contributed by atoms with E-state index in [0.717, 1.165) is 38.2 Å². The number of amides is 1. The number of anilines is 1. The summed E-state index contributed by atoms with van der Waals surface area (Å²) in [6.07, 6.45) is 8.25. The summed E-state index contributed by atoms with van der Waals surface area (Å²) < 4.78 is 12.8. The first-order valence-electron chi connectivity index (χ1n) is 10.3. The van der Waals surface area contributed by atoms with Crippen LogP contribution in [0.4, 0.5) is 5.69 Å². The largest absolute Gasteiger partial charge is 0.476 e. The summed E-state index contributed by atoms with van der Waals surface area (Å²) in [5.41, 5.74) is 1.33. The molecule has 0 unspecified atom stereocenters. The summed E-state index contributed by atoms with van der Waals surface area (Å²) in [4.78, 5) is 28.1. The molecule has 5 rings (SSSR count). The van der Waals surface area contributed by atoms with Gasteiger partial charge in [-0.2, -0.15) is 5.10 Å². The zero-order chi connectivity index (χ0) is 21.8. The van der Waals surface area contributed by atoms with E-state index >= 15 is 0 Å². The number of rotatable bonds is 7. The van der Waals surface area contributed by atoms with Crippen LogP contribution in [-0.2, 0) is 4.74 Å². The van der Waals surface area contributed by atoms with Crippen LogP contribution in [0.2, 0.25) is 0 Å². The average molecular weight is 434 g/mol. The molecule has 5 heterocycles. The molecule has 164 valence electrons. The van der Waals surface area contributed by atoms with E-state index in [0.29, 0.717) is 29.5 Å². The van der Waals surface area contributed by atoms with E-state index in [4.69, 9.17) is 9.47 Å². The molecule has 4 aromatic heterocycles. The molecule has 0 radical (unpaired) electrons. The molecule has 11 nitrogen and oxygen atoms in total. The first-order valence-corrected chi connectivity index (χ1v) is 10.3. The fourth-order valence-corrected chi connectivity index (χ4v) is 3.46. The van der Waals surface area contributed by atoms with Crippen LogP contribution < -0.4 is 10.1 Å². The van der Waals surface area contributed by atoms with Gasteiger partial charge < -0.3 is 14.8 Å². The third-order valence-corrected chi connectivity index (χ3v) is 5.16. The molecule has 1 fully saturated rings. The Morgan fingerprint density at radius 2 is 2.16 bits per heavy atom.